The number of halogens is 3. The highest BCUT2D eigenvalue weighted by Crippen LogP contribution is 2.30. The molecule has 3 aromatic rings. The smallest absolute Gasteiger partial charge is 0.247 e. The molecule has 8 nitrogen and oxygen atoms in total. The maximum Gasteiger partial charge on any atom is 0.247 e. The summed E-state index contributed by atoms with van der Waals surface area (Å²) in [5.74, 6) is -0.306. The quantitative estimate of drug-likeness (QED) is 0.391. The van der Waals surface area contributed by atoms with E-state index in [0.717, 1.165) is 0 Å². The van der Waals surface area contributed by atoms with Crippen molar-refractivity contribution < 1.29 is 19.0 Å². The lowest BCUT2D eigenvalue weighted by Crippen LogP contribution is -2.45. The Balaban J connectivity index is 1.75. The van der Waals surface area contributed by atoms with E-state index >= 15 is 0 Å². The zero-order valence-electron chi connectivity index (χ0n) is 18.1. The van der Waals surface area contributed by atoms with Gasteiger partial charge in [-0.25, -0.2) is 9.37 Å². The maximum absolute atomic E-state index is 13.7. The second-order valence-electron chi connectivity index (χ2n) is 7.74. The number of amides is 1. The molecular formula is C22H24Cl2FN5O3. The summed E-state index contributed by atoms with van der Waals surface area (Å²) in [4.78, 5) is 16.6. The van der Waals surface area contributed by atoms with Gasteiger partial charge < -0.3 is 20.9 Å². The minimum Gasteiger partial charge on any atom is -0.489 e. The number of aliphatic hydroxyl groups excluding tert-OH is 1. The number of anilines is 1. The fourth-order valence-electron chi connectivity index (χ4n) is 3.06. The van der Waals surface area contributed by atoms with Crippen LogP contribution in [0.5, 0.6) is 5.75 Å². The summed E-state index contributed by atoms with van der Waals surface area (Å²) in [5.41, 5.74) is 6.80. The number of carbonyl (C=O) groups is 1. The van der Waals surface area contributed by atoms with E-state index in [2.05, 4.69) is 15.4 Å². The number of pyridine rings is 1. The highest BCUT2D eigenvalue weighted by Gasteiger charge is 2.30. The number of nitrogens with zero attached hydrogens (tertiary/aromatic N) is 3. The average molecular weight is 496 g/mol. The predicted molar refractivity (Wildman–Crippen MR) is 125 cm³/mol. The molecular weight excluding hydrogens is 472 g/mol. The molecule has 176 valence electrons. The molecule has 0 spiro atoms. The number of aromatic nitrogens is 3. The van der Waals surface area contributed by atoms with Gasteiger partial charge in [-0.3, -0.25) is 9.48 Å². The Labute approximate surface area is 200 Å². The first-order valence-corrected chi connectivity index (χ1v) is 10.9. The molecule has 2 heterocycles. The number of carbonyl (C=O) groups excluding carboxylic acids is 1. The number of benzene rings is 1. The van der Waals surface area contributed by atoms with Crippen molar-refractivity contribution >= 4 is 34.9 Å². The summed E-state index contributed by atoms with van der Waals surface area (Å²) in [5, 5.41) is 16.2. The molecule has 0 aliphatic heterocycles. The van der Waals surface area contributed by atoms with Crippen molar-refractivity contribution in [1.82, 2.24) is 20.1 Å². The van der Waals surface area contributed by atoms with Gasteiger partial charge in [-0.05, 0) is 37.6 Å². The third-order valence-electron chi connectivity index (χ3n) is 5.07. The van der Waals surface area contributed by atoms with E-state index in [1.54, 1.807) is 38.5 Å². The van der Waals surface area contributed by atoms with Crippen molar-refractivity contribution in [2.45, 2.75) is 25.8 Å². The Morgan fingerprint density at radius 3 is 2.79 bits per heavy atom. The van der Waals surface area contributed by atoms with Crippen LogP contribution in [0.1, 0.15) is 19.4 Å². The number of hydrogen-bond acceptors (Lipinski definition) is 6. The van der Waals surface area contributed by atoms with E-state index in [1.807, 2.05) is 0 Å². The molecule has 2 aromatic heterocycles. The SMILES string of the molecule is CC(C)(C(=O)NCCO)n1cc(-c2cnc(N)c(OCCc3c(Cl)ccc(F)c3Cl)c2)cn1. The lowest BCUT2D eigenvalue weighted by Gasteiger charge is -2.24. The molecule has 11 heteroatoms. The minimum absolute atomic E-state index is 0.0380. The van der Waals surface area contributed by atoms with Crippen LogP contribution in [0, 0.1) is 5.82 Å². The number of hydrogen-bond donors (Lipinski definition) is 3. The van der Waals surface area contributed by atoms with Crippen LogP contribution in [0.3, 0.4) is 0 Å². The number of nitrogen functional groups attached to an aromatic ring is 1. The van der Waals surface area contributed by atoms with Gasteiger partial charge in [-0.15, -0.1) is 0 Å². The van der Waals surface area contributed by atoms with E-state index < -0.39 is 11.4 Å². The first-order chi connectivity index (χ1) is 15.6. The van der Waals surface area contributed by atoms with Crippen LogP contribution in [0.25, 0.3) is 11.1 Å². The van der Waals surface area contributed by atoms with E-state index in [1.165, 1.54) is 16.8 Å². The van der Waals surface area contributed by atoms with Gasteiger partial charge in [0.2, 0.25) is 5.91 Å². The van der Waals surface area contributed by atoms with Crippen LogP contribution in [0.2, 0.25) is 10.0 Å². The summed E-state index contributed by atoms with van der Waals surface area (Å²) in [6, 6.07) is 4.35. The van der Waals surface area contributed by atoms with Gasteiger partial charge in [0.25, 0.3) is 0 Å². The highest BCUT2D eigenvalue weighted by molar-refractivity contribution is 6.36. The number of ether oxygens (including phenoxy) is 1. The minimum atomic E-state index is -0.975. The lowest BCUT2D eigenvalue weighted by atomic mass is 10.0. The van der Waals surface area contributed by atoms with Gasteiger partial charge in [0.15, 0.2) is 11.6 Å². The Morgan fingerprint density at radius 2 is 2.06 bits per heavy atom. The molecule has 33 heavy (non-hydrogen) atoms. The van der Waals surface area contributed by atoms with Gasteiger partial charge in [0.1, 0.15) is 11.4 Å². The first kappa shape index (κ1) is 24.8. The van der Waals surface area contributed by atoms with Crippen LogP contribution >= 0.6 is 23.2 Å². The molecule has 3 rings (SSSR count). The molecule has 0 radical (unpaired) electrons. The van der Waals surface area contributed by atoms with E-state index in [0.29, 0.717) is 27.5 Å². The highest BCUT2D eigenvalue weighted by atomic mass is 35.5. The van der Waals surface area contributed by atoms with Crippen LogP contribution < -0.4 is 15.8 Å². The van der Waals surface area contributed by atoms with Gasteiger partial charge in [0, 0.05) is 41.5 Å². The third kappa shape index (κ3) is 5.55. The van der Waals surface area contributed by atoms with Crippen molar-refractivity contribution in [2.75, 3.05) is 25.5 Å². The molecule has 0 aliphatic carbocycles. The molecule has 0 atom stereocenters. The van der Waals surface area contributed by atoms with Crippen molar-refractivity contribution in [3.05, 3.63) is 58.2 Å². The predicted octanol–water partition coefficient (Wildman–Crippen LogP) is 3.44. The van der Waals surface area contributed by atoms with Gasteiger partial charge in [0.05, 0.1) is 24.4 Å². The Bertz CT molecular complexity index is 1150. The molecule has 0 bridgehead atoms. The van der Waals surface area contributed by atoms with Crippen molar-refractivity contribution in [1.29, 1.82) is 0 Å². The van der Waals surface area contributed by atoms with Crippen LogP contribution in [-0.4, -0.2) is 45.5 Å². The van der Waals surface area contributed by atoms with Crippen LogP contribution in [-0.2, 0) is 16.8 Å². The summed E-state index contributed by atoms with van der Waals surface area (Å²) in [6.45, 7) is 3.59. The molecule has 0 aliphatic rings. The van der Waals surface area contributed by atoms with Crippen LogP contribution in [0.4, 0.5) is 10.2 Å². The Hall–Kier alpha value is -2.88. The standard InChI is InChI=1S/C22H24Cl2FN5O3/c1-22(2,21(32)27-6-7-31)30-12-14(11-29-30)13-9-18(20(26)28-10-13)33-8-5-15-16(23)3-4-17(25)19(15)24/h3-4,9-12,31H,5-8H2,1-2H3,(H2,26,28)(H,27,32). The Kier molecular flexibility index (Phi) is 7.78. The lowest BCUT2D eigenvalue weighted by molar-refractivity contribution is -0.129. The molecule has 0 unspecified atom stereocenters. The number of aliphatic hydroxyl groups is 1. The number of nitrogens with two attached hydrogens (primary N) is 1. The topological polar surface area (TPSA) is 115 Å². The van der Waals surface area contributed by atoms with Crippen molar-refractivity contribution in [3.63, 3.8) is 0 Å². The summed E-state index contributed by atoms with van der Waals surface area (Å²) >= 11 is 12.1. The Morgan fingerprint density at radius 1 is 1.30 bits per heavy atom. The zero-order valence-corrected chi connectivity index (χ0v) is 19.6. The fourth-order valence-corrected chi connectivity index (χ4v) is 3.62. The monoisotopic (exact) mass is 495 g/mol. The third-order valence-corrected chi connectivity index (χ3v) is 5.83. The van der Waals surface area contributed by atoms with Crippen molar-refractivity contribution in [3.8, 4) is 16.9 Å². The molecule has 1 amide bonds. The van der Waals surface area contributed by atoms with Gasteiger partial charge >= 0.3 is 0 Å². The zero-order chi connectivity index (χ0) is 24.2. The molecule has 1 aromatic carbocycles. The second-order valence-corrected chi connectivity index (χ2v) is 8.52. The first-order valence-electron chi connectivity index (χ1n) is 10.1. The normalized spacial score (nSPS) is 11.5. The summed E-state index contributed by atoms with van der Waals surface area (Å²) < 4.78 is 21.0. The molecule has 0 saturated carbocycles. The molecule has 0 fully saturated rings. The van der Waals surface area contributed by atoms with Crippen LogP contribution in [0.15, 0.2) is 36.8 Å². The van der Waals surface area contributed by atoms with Gasteiger partial charge in [-0.1, -0.05) is 23.2 Å². The van der Waals surface area contributed by atoms with E-state index in [4.69, 9.17) is 38.8 Å². The largest absolute Gasteiger partial charge is 0.489 e. The molecule has 4 N–H and O–H groups in total. The summed E-state index contributed by atoms with van der Waals surface area (Å²) in [6.07, 6.45) is 5.16. The number of nitrogens with one attached hydrogen (secondary N) is 1. The second kappa shape index (κ2) is 10.4. The van der Waals surface area contributed by atoms with Crippen molar-refractivity contribution in [2.24, 2.45) is 0 Å². The van der Waals surface area contributed by atoms with E-state index in [-0.39, 0.29) is 42.9 Å². The maximum atomic E-state index is 13.7. The average Bonchev–Trinajstić information content (AvgIpc) is 3.29. The van der Waals surface area contributed by atoms with Gasteiger partial charge in [-0.2, -0.15) is 5.10 Å². The molecule has 0 saturated heterocycles. The number of rotatable bonds is 9. The van der Waals surface area contributed by atoms with E-state index in [9.17, 15) is 9.18 Å². The fraction of sp³-hybridized carbons (Fsp3) is 0.318. The summed E-state index contributed by atoms with van der Waals surface area (Å²) in [7, 11) is 0.